The molecule has 2 heterocycles. The lowest BCUT2D eigenvalue weighted by atomic mass is 10.1. The van der Waals surface area contributed by atoms with Gasteiger partial charge in [-0.3, -0.25) is 9.59 Å². The van der Waals surface area contributed by atoms with Crippen molar-refractivity contribution in [2.45, 2.75) is 25.6 Å². The number of carbonyl (C=O) groups excluding carboxylic acids is 2. The van der Waals surface area contributed by atoms with Gasteiger partial charge in [0.2, 0.25) is 11.8 Å². The maximum Gasteiger partial charge on any atom is 0.240 e. The Balaban J connectivity index is 2.10. The van der Waals surface area contributed by atoms with Crippen LogP contribution in [0, 0.1) is 0 Å². The van der Waals surface area contributed by atoms with Gasteiger partial charge in [-0.25, -0.2) is 0 Å². The molecular formula is C14H17N3O4. The number of nitrogens with two attached hydrogens (primary N) is 2. The van der Waals surface area contributed by atoms with Crippen LogP contribution in [0.5, 0.6) is 0 Å². The Morgan fingerprint density at radius 1 is 1.10 bits per heavy atom. The Bertz CT molecular complexity index is 541. The molecule has 2 aromatic heterocycles. The fourth-order valence-electron chi connectivity index (χ4n) is 1.93. The fourth-order valence-corrected chi connectivity index (χ4v) is 1.93. The van der Waals surface area contributed by atoms with E-state index in [2.05, 4.69) is 0 Å². The van der Waals surface area contributed by atoms with Crippen LogP contribution in [0.3, 0.4) is 0 Å². The van der Waals surface area contributed by atoms with Gasteiger partial charge in [0, 0.05) is 0 Å². The lowest BCUT2D eigenvalue weighted by Gasteiger charge is -2.23. The largest absolute Gasteiger partial charge is 0.467 e. The second-order valence-corrected chi connectivity index (χ2v) is 4.63. The first-order chi connectivity index (χ1) is 10.1. The molecule has 0 aliphatic heterocycles. The first kappa shape index (κ1) is 14.9. The summed E-state index contributed by atoms with van der Waals surface area (Å²) < 4.78 is 10.5. The van der Waals surface area contributed by atoms with E-state index in [1.807, 2.05) is 0 Å². The molecule has 0 bridgehead atoms. The van der Waals surface area contributed by atoms with Crippen molar-refractivity contribution >= 4 is 11.8 Å². The average Bonchev–Trinajstić information content (AvgIpc) is 3.09. The SMILES string of the molecule is NC(=O)CC(N)C(=O)N(Cc1ccco1)Cc1ccco1. The summed E-state index contributed by atoms with van der Waals surface area (Å²) >= 11 is 0. The first-order valence-electron chi connectivity index (χ1n) is 6.43. The minimum Gasteiger partial charge on any atom is -0.467 e. The quantitative estimate of drug-likeness (QED) is 0.775. The third-order valence-electron chi connectivity index (χ3n) is 2.90. The van der Waals surface area contributed by atoms with E-state index in [1.165, 1.54) is 17.4 Å². The highest BCUT2D eigenvalue weighted by molar-refractivity contribution is 5.87. The average molecular weight is 291 g/mol. The van der Waals surface area contributed by atoms with Crippen LogP contribution in [0.2, 0.25) is 0 Å². The van der Waals surface area contributed by atoms with Gasteiger partial charge in [-0.05, 0) is 24.3 Å². The normalized spacial score (nSPS) is 12.0. The summed E-state index contributed by atoms with van der Waals surface area (Å²) in [5.41, 5.74) is 10.8. The van der Waals surface area contributed by atoms with E-state index in [9.17, 15) is 9.59 Å². The van der Waals surface area contributed by atoms with Gasteiger partial charge in [-0.1, -0.05) is 0 Å². The van der Waals surface area contributed by atoms with E-state index < -0.39 is 11.9 Å². The molecule has 112 valence electrons. The maximum absolute atomic E-state index is 12.3. The Labute approximate surface area is 121 Å². The van der Waals surface area contributed by atoms with E-state index in [0.29, 0.717) is 11.5 Å². The predicted octanol–water partition coefficient (Wildman–Crippen LogP) is 0.604. The van der Waals surface area contributed by atoms with Gasteiger partial charge in [-0.15, -0.1) is 0 Å². The summed E-state index contributed by atoms with van der Waals surface area (Å²) in [6.07, 6.45) is 2.84. The van der Waals surface area contributed by atoms with Crippen molar-refractivity contribution in [3.63, 3.8) is 0 Å². The molecule has 21 heavy (non-hydrogen) atoms. The van der Waals surface area contributed by atoms with E-state index >= 15 is 0 Å². The summed E-state index contributed by atoms with van der Waals surface area (Å²) in [5, 5.41) is 0. The number of rotatable bonds is 7. The topological polar surface area (TPSA) is 116 Å². The van der Waals surface area contributed by atoms with Gasteiger partial charge < -0.3 is 25.2 Å². The summed E-state index contributed by atoms with van der Waals surface area (Å²) in [4.78, 5) is 24.7. The molecule has 0 radical (unpaired) electrons. The van der Waals surface area contributed by atoms with Gasteiger partial charge in [-0.2, -0.15) is 0 Å². The number of amides is 2. The van der Waals surface area contributed by atoms with Crippen molar-refractivity contribution < 1.29 is 18.4 Å². The highest BCUT2D eigenvalue weighted by atomic mass is 16.3. The molecular weight excluding hydrogens is 274 g/mol. The summed E-state index contributed by atoms with van der Waals surface area (Å²) in [6, 6.07) is 5.99. The summed E-state index contributed by atoms with van der Waals surface area (Å²) in [7, 11) is 0. The molecule has 0 aliphatic rings. The summed E-state index contributed by atoms with van der Waals surface area (Å²) in [6.45, 7) is 0.470. The van der Waals surface area contributed by atoms with Gasteiger partial charge in [0.1, 0.15) is 11.5 Å². The third kappa shape index (κ3) is 4.22. The van der Waals surface area contributed by atoms with Crippen LogP contribution in [0.15, 0.2) is 45.6 Å². The molecule has 4 N–H and O–H groups in total. The molecule has 0 fully saturated rings. The number of nitrogens with zero attached hydrogens (tertiary/aromatic N) is 1. The van der Waals surface area contributed by atoms with Gasteiger partial charge in [0.05, 0.1) is 38.1 Å². The van der Waals surface area contributed by atoms with Crippen LogP contribution in [-0.2, 0) is 22.7 Å². The zero-order valence-electron chi connectivity index (χ0n) is 11.4. The van der Waals surface area contributed by atoms with Crippen molar-refractivity contribution in [3.8, 4) is 0 Å². The third-order valence-corrected chi connectivity index (χ3v) is 2.90. The number of primary amides is 1. The molecule has 0 aromatic carbocycles. The molecule has 1 atom stereocenters. The van der Waals surface area contributed by atoms with Crippen LogP contribution in [0.25, 0.3) is 0 Å². The lowest BCUT2D eigenvalue weighted by Crippen LogP contribution is -2.44. The monoisotopic (exact) mass is 291 g/mol. The van der Waals surface area contributed by atoms with Crippen LogP contribution in [0.1, 0.15) is 17.9 Å². The van der Waals surface area contributed by atoms with Crippen molar-refractivity contribution in [1.82, 2.24) is 4.90 Å². The first-order valence-corrected chi connectivity index (χ1v) is 6.43. The van der Waals surface area contributed by atoms with E-state index in [4.69, 9.17) is 20.3 Å². The highest BCUT2D eigenvalue weighted by Crippen LogP contribution is 2.12. The molecule has 0 saturated carbocycles. The molecule has 0 aliphatic carbocycles. The van der Waals surface area contributed by atoms with Crippen LogP contribution in [-0.4, -0.2) is 22.8 Å². The van der Waals surface area contributed by atoms with Gasteiger partial charge in [0.25, 0.3) is 0 Å². The van der Waals surface area contributed by atoms with Crippen molar-refractivity contribution in [2.75, 3.05) is 0 Å². The molecule has 7 nitrogen and oxygen atoms in total. The zero-order chi connectivity index (χ0) is 15.2. The smallest absolute Gasteiger partial charge is 0.240 e. The number of hydrogen-bond donors (Lipinski definition) is 2. The fraction of sp³-hybridized carbons (Fsp3) is 0.286. The molecule has 0 saturated heterocycles. The number of furan rings is 2. The second kappa shape index (κ2) is 6.76. The van der Waals surface area contributed by atoms with Crippen molar-refractivity contribution in [2.24, 2.45) is 11.5 Å². The van der Waals surface area contributed by atoms with Gasteiger partial charge >= 0.3 is 0 Å². The number of carbonyl (C=O) groups is 2. The zero-order valence-corrected chi connectivity index (χ0v) is 11.4. The molecule has 7 heteroatoms. The molecule has 2 amide bonds. The van der Waals surface area contributed by atoms with Gasteiger partial charge in [0.15, 0.2) is 0 Å². The molecule has 2 rings (SSSR count). The minimum absolute atomic E-state index is 0.203. The maximum atomic E-state index is 12.3. The molecule has 1 unspecified atom stereocenters. The van der Waals surface area contributed by atoms with E-state index in [-0.39, 0.29) is 25.4 Å². The molecule has 2 aromatic rings. The standard InChI is InChI=1S/C14H17N3O4/c15-12(7-13(16)18)14(19)17(8-10-3-1-5-20-10)9-11-4-2-6-21-11/h1-6,12H,7-9,15H2,(H2,16,18). The lowest BCUT2D eigenvalue weighted by molar-refractivity contribution is -0.136. The van der Waals surface area contributed by atoms with Crippen molar-refractivity contribution in [3.05, 3.63) is 48.3 Å². The minimum atomic E-state index is -0.979. The summed E-state index contributed by atoms with van der Waals surface area (Å²) in [5.74, 6) is 0.218. The van der Waals surface area contributed by atoms with Crippen molar-refractivity contribution in [1.29, 1.82) is 0 Å². The number of hydrogen-bond acceptors (Lipinski definition) is 5. The Morgan fingerprint density at radius 2 is 1.62 bits per heavy atom. The Kier molecular flexibility index (Phi) is 4.78. The van der Waals surface area contributed by atoms with Crippen LogP contribution >= 0.6 is 0 Å². The van der Waals surface area contributed by atoms with E-state index in [1.54, 1.807) is 24.3 Å². The molecule has 0 spiro atoms. The van der Waals surface area contributed by atoms with Crippen LogP contribution < -0.4 is 11.5 Å². The van der Waals surface area contributed by atoms with E-state index in [0.717, 1.165) is 0 Å². The Hall–Kier alpha value is -2.54. The second-order valence-electron chi connectivity index (χ2n) is 4.63. The Morgan fingerprint density at radius 3 is 2.00 bits per heavy atom. The predicted molar refractivity (Wildman–Crippen MR) is 73.5 cm³/mol. The van der Waals surface area contributed by atoms with Crippen LogP contribution in [0.4, 0.5) is 0 Å². The highest BCUT2D eigenvalue weighted by Gasteiger charge is 2.24.